The van der Waals surface area contributed by atoms with Crippen molar-refractivity contribution in [2.24, 2.45) is 0 Å². The lowest BCUT2D eigenvalue weighted by atomic mass is 10.0. The number of thiophene rings is 1. The van der Waals surface area contributed by atoms with E-state index in [0.717, 1.165) is 4.47 Å². The maximum absolute atomic E-state index is 3.61. The molecule has 0 aliphatic carbocycles. The van der Waals surface area contributed by atoms with Gasteiger partial charge in [0.05, 0.1) is 6.04 Å². The van der Waals surface area contributed by atoms with Gasteiger partial charge in [0.2, 0.25) is 0 Å². The second-order valence-corrected chi connectivity index (χ2v) is 5.70. The van der Waals surface area contributed by atoms with Gasteiger partial charge in [-0.3, -0.25) is 0 Å². The Morgan fingerprint density at radius 1 is 1.31 bits per heavy atom. The number of rotatable bonds is 3. The molecule has 0 saturated carbocycles. The molecule has 16 heavy (non-hydrogen) atoms. The highest BCUT2D eigenvalue weighted by Gasteiger charge is 2.15. The molecule has 1 aromatic heterocycles. The van der Waals surface area contributed by atoms with Crippen LogP contribution in [0.2, 0.25) is 0 Å². The van der Waals surface area contributed by atoms with Crippen molar-refractivity contribution in [3.8, 4) is 0 Å². The fourth-order valence-corrected chi connectivity index (χ4v) is 3.07. The van der Waals surface area contributed by atoms with Crippen molar-refractivity contribution in [3.63, 3.8) is 0 Å². The molecule has 0 amide bonds. The number of benzene rings is 1. The molecular weight excluding hydrogens is 282 g/mol. The first-order chi connectivity index (χ1) is 7.72. The van der Waals surface area contributed by atoms with Crippen LogP contribution in [0.25, 0.3) is 0 Å². The maximum atomic E-state index is 3.61. The molecule has 2 aromatic rings. The van der Waals surface area contributed by atoms with E-state index in [1.807, 2.05) is 13.1 Å². The van der Waals surface area contributed by atoms with Crippen molar-refractivity contribution in [3.05, 3.63) is 56.2 Å². The minimum Gasteiger partial charge on any atom is -0.309 e. The van der Waals surface area contributed by atoms with Gasteiger partial charge in [-0.15, -0.1) is 11.3 Å². The molecule has 0 aliphatic rings. The zero-order valence-electron chi connectivity index (χ0n) is 9.33. The lowest BCUT2D eigenvalue weighted by Crippen LogP contribution is -2.17. The normalized spacial score (nSPS) is 12.7. The molecule has 84 valence electrons. The van der Waals surface area contributed by atoms with Crippen LogP contribution >= 0.6 is 27.3 Å². The van der Waals surface area contributed by atoms with Crippen LogP contribution in [-0.4, -0.2) is 7.05 Å². The average molecular weight is 296 g/mol. The van der Waals surface area contributed by atoms with Crippen LogP contribution in [0.5, 0.6) is 0 Å². The van der Waals surface area contributed by atoms with Crippen molar-refractivity contribution in [2.75, 3.05) is 7.05 Å². The third kappa shape index (κ3) is 2.37. The minimum atomic E-state index is 0.264. The monoisotopic (exact) mass is 295 g/mol. The maximum Gasteiger partial charge on any atom is 0.0593 e. The number of hydrogen-bond acceptors (Lipinski definition) is 2. The molecule has 0 saturated heterocycles. The summed E-state index contributed by atoms with van der Waals surface area (Å²) in [6.07, 6.45) is 0. The topological polar surface area (TPSA) is 12.0 Å². The molecule has 0 aliphatic heterocycles. The molecule has 1 N–H and O–H groups in total. The van der Waals surface area contributed by atoms with Crippen molar-refractivity contribution in [1.29, 1.82) is 0 Å². The Morgan fingerprint density at radius 3 is 2.62 bits per heavy atom. The van der Waals surface area contributed by atoms with Crippen molar-refractivity contribution in [1.82, 2.24) is 5.32 Å². The third-order valence-corrected chi connectivity index (χ3v) is 4.19. The van der Waals surface area contributed by atoms with Gasteiger partial charge < -0.3 is 5.32 Å². The second-order valence-electron chi connectivity index (χ2n) is 3.73. The fraction of sp³-hybridized carbons (Fsp3) is 0.231. The summed E-state index contributed by atoms with van der Waals surface area (Å²) in [6.45, 7) is 2.14. The molecular formula is C13H14BrNS. The first-order valence-electron chi connectivity index (χ1n) is 5.19. The summed E-state index contributed by atoms with van der Waals surface area (Å²) in [7, 11) is 2.00. The van der Waals surface area contributed by atoms with Gasteiger partial charge in [-0.1, -0.05) is 34.1 Å². The Bertz CT molecular complexity index is 478. The summed E-state index contributed by atoms with van der Waals surface area (Å²) < 4.78 is 1.15. The summed E-state index contributed by atoms with van der Waals surface area (Å²) in [6, 6.07) is 10.9. The molecule has 0 bridgehead atoms. The van der Waals surface area contributed by atoms with Crippen LogP contribution in [0.3, 0.4) is 0 Å². The summed E-state index contributed by atoms with van der Waals surface area (Å²) in [5.41, 5.74) is 2.61. The van der Waals surface area contributed by atoms with E-state index in [9.17, 15) is 0 Å². The molecule has 1 nitrogen and oxygen atoms in total. The van der Waals surface area contributed by atoms with E-state index in [2.05, 4.69) is 57.8 Å². The van der Waals surface area contributed by atoms with Gasteiger partial charge in [0.25, 0.3) is 0 Å². The van der Waals surface area contributed by atoms with Gasteiger partial charge in [-0.2, -0.15) is 0 Å². The van der Waals surface area contributed by atoms with Gasteiger partial charge in [0.1, 0.15) is 0 Å². The van der Waals surface area contributed by atoms with E-state index in [0.29, 0.717) is 0 Å². The third-order valence-electron chi connectivity index (χ3n) is 2.59. The van der Waals surface area contributed by atoms with Gasteiger partial charge in [-0.05, 0) is 42.6 Å². The zero-order chi connectivity index (χ0) is 11.5. The summed E-state index contributed by atoms with van der Waals surface area (Å²) in [5.74, 6) is 0. The lowest BCUT2D eigenvalue weighted by Gasteiger charge is -2.16. The van der Waals surface area contributed by atoms with Crippen molar-refractivity contribution >= 4 is 27.3 Å². The molecule has 2 rings (SSSR count). The quantitative estimate of drug-likeness (QED) is 0.898. The second kappa shape index (κ2) is 5.13. The largest absolute Gasteiger partial charge is 0.309 e. The number of nitrogens with one attached hydrogen (secondary N) is 1. The fourth-order valence-electron chi connectivity index (χ4n) is 1.83. The van der Waals surface area contributed by atoms with Crippen LogP contribution in [0.15, 0.2) is 40.2 Å². The standard InChI is InChI=1S/C13H14BrNS/c1-9-7-10(8-16-9)13(15-2)11-5-3-4-6-12(11)14/h3-8,13,15H,1-2H3. The van der Waals surface area contributed by atoms with E-state index in [-0.39, 0.29) is 6.04 Å². The number of hydrogen-bond donors (Lipinski definition) is 1. The Morgan fingerprint density at radius 2 is 2.06 bits per heavy atom. The molecule has 0 fully saturated rings. The Kier molecular flexibility index (Phi) is 3.79. The van der Waals surface area contributed by atoms with E-state index >= 15 is 0 Å². The van der Waals surface area contributed by atoms with Crippen LogP contribution < -0.4 is 5.32 Å². The Balaban J connectivity index is 2.40. The molecule has 3 heteroatoms. The van der Waals surface area contributed by atoms with E-state index < -0.39 is 0 Å². The number of aryl methyl sites for hydroxylation is 1. The van der Waals surface area contributed by atoms with E-state index in [4.69, 9.17) is 0 Å². The average Bonchev–Trinajstić information content (AvgIpc) is 2.69. The first kappa shape index (κ1) is 11.8. The van der Waals surface area contributed by atoms with Crippen molar-refractivity contribution < 1.29 is 0 Å². The number of halogens is 1. The zero-order valence-corrected chi connectivity index (χ0v) is 11.7. The smallest absolute Gasteiger partial charge is 0.0593 e. The predicted molar refractivity (Wildman–Crippen MR) is 74.1 cm³/mol. The van der Waals surface area contributed by atoms with E-state index in [1.165, 1.54) is 16.0 Å². The molecule has 1 heterocycles. The summed E-state index contributed by atoms with van der Waals surface area (Å²) in [5, 5.41) is 5.58. The SMILES string of the molecule is CNC(c1csc(C)c1)c1ccccc1Br. The predicted octanol–water partition coefficient (Wildman–Crippen LogP) is 4.13. The minimum absolute atomic E-state index is 0.264. The highest BCUT2D eigenvalue weighted by atomic mass is 79.9. The molecule has 1 unspecified atom stereocenters. The summed E-state index contributed by atoms with van der Waals surface area (Å²) >= 11 is 5.40. The highest BCUT2D eigenvalue weighted by Crippen LogP contribution is 2.30. The molecule has 1 aromatic carbocycles. The Hall–Kier alpha value is -0.640. The van der Waals surface area contributed by atoms with Gasteiger partial charge >= 0.3 is 0 Å². The molecule has 0 spiro atoms. The van der Waals surface area contributed by atoms with Crippen LogP contribution in [-0.2, 0) is 0 Å². The van der Waals surface area contributed by atoms with Crippen LogP contribution in [0, 0.1) is 6.92 Å². The highest BCUT2D eigenvalue weighted by molar-refractivity contribution is 9.10. The van der Waals surface area contributed by atoms with Gasteiger partial charge in [0, 0.05) is 9.35 Å². The summed E-state index contributed by atoms with van der Waals surface area (Å²) in [4.78, 5) is 1.35. The van der Waals surface area contributed by atoms with E-state index in [1.54, 1.807) is 11.3 Å². The molecule has 0 radical (unpaired) electrons. The molecule has 1 atom stereocenters. The first-order valence-corrected chi connectivity index (χ1v) is 6.86. The van der Waals surface area contributed by atoms with Crippen molar-refractivity contribution in [2.45, 2.75) is 13.0 Å². The Labute approximate surface area is 109 Å². The van der Waals surface area contributed by atoms with Gasteiger partial charge in [-0.25, -0.2) is 0 Å². The van der Waals surface area contributed by atoms with Gasteiger partial charge in [0.15, 0.2) is 0 Å². The lowest BCUT2D eigenvalue weighted by molar-refractivity contribution is 0.691. The van der Waals surface area contributed by atoms with Crippen LogP contribution in [0.1, 0.15) is 22.0 Å². The van der Waals surface area contributed by atoms with Crippen LogP contribution in [0.4, 0.5) is 0 Å².